The Bertz CT molecular complexity index is 1640. The van der Waals surface area contributed by atoms with Crippen LogP contribution in [0.5, 0.6) is 0 Å². The Morgan fingerprint density at radius 2 is 0.831 bits per heavy atom. The molecule has 0 spiro atoms. The molecule has 0 aliphatic heterocycles. The lowest BCUT2D eigenvalue weighted by Gasteiger charge is -2.30. The van der Waals surface area contributed by atoms with Crippen LogP contribution in [0.15, 0.2) is 97.2 Å². The standard InChI is InChI=1S/C67H119N2O7P/c1-7-10-13-16-19-22-25-27-29-31-32-33-34-35-36-38-40-42-45-48-51-54-57-60-67(71)76-65(58-55-52-49-46-43-24-21-18-15-12-9-3)64(63-75-77(72,73)74-62-61-69(4,5)6)68-66(70)59-56-53-50-47-44-41-39-37-30-28-26-23-20-17-14-11-8-2/h10,13,19,22,27-30,32-33,35-36,40,42,55,58,64-65H,7-9,11-12,14-18,20-21,23-26,31,34,37-39,41,43-54,56-57,59-63H2,1-6H3,(H-,68,70,72,73)/b13-10-,22-19-,29-27-,30-28+,33-32-,36-35-,42-40-,58-55-. The summed E-state index contributed by atoms with van der Waals surface area (Å²) in [6, 6.07) is -0.906. The average molecular weight is 1100 g/mol. The number of quaternary nitrogens is 1. The largest absolute Gasteiger partial charge is 0.756 e. The summed E-state index contributed by atoms with van der Waals surface area (Å²) in [4.78, 5) is 40.0. The molecule has 10 heteroatoms. The summed E-state index contributed by atoms with van der Waals surface area (Å²) >= 11 is 0. The molecule has 0 aliphatic carbocycles. The molecule has 1 amide bonds. The van der Waals surface area contributed by atoms with Crippen molar-refractivity contribution < 1.29 is 37.3 Å². The first kappa shape index (κ1) is 73.9. The van der Waals surface area contributed by atoms with E-state index in [1.165, 1.54) is 109 Å². The molecule has 0 fully saturated rings. The predicted molar refractivity (Wildman–Crippen MR) is 330 cm³/mol. The maximum atomic E-state index is 13.5. The van der Waals surface area contributed by atoms with E-state index in [9.17, 15) is 19.0 Å². The summed E-state index contributed by atoms with van der Waals surface area (Å²) in [6.07, 6.45) is 75.2. The number of nitrogens with zero attached hydrogens (tertiary/aromatic N) is 1. The van der Waals surface area contributed by atoms with Crippen LogP contribution in [0.1, 0.15) is 265 Å². The number of allylic oxidation sites excluding steroid dienone is 15. The smallest absolute Gasteiger partial charge is 0.306 e. The Balaban J connectivity index is 5.25. The summed E-state index contributed by atoms with van der Waals surface area (Å²) in [5.74, 6) is -0.578. The van der Waals surface area contributed by atoms with Crippen molar-refractivity contribution in [2.45, 2.75) is 277 Å². The Hall–Kier alpha value is -3.07. The zero-order chi connectivity index (χ0) is 56.4. The van der Waals surface area contributed by atoms with Gasteiger partial charge >= 0.3 is 5.97 Å². The van der Waals surface area contributed by atoms with Gasteiger partial charge in [-0.3, -0.25) is 14.2 Å². The van der Waals surface area contributed by atoms with Gasteiger partial charge in [0.25, 0.3) is 7.82 Å². The van der Waals surface area contributed by atoms with Crippen molar-refractivity contribution in [1.82, 2.24) is 5.32 Å². The number of carbonyl (C=O) groups is 2. The van der Waals surface area contributed by atoms with Crippen LogP contribution < -0.4 is 10.2 Å². The second-order valence-electron chi connectivity index (χ2n) is 22.2. The molecule has 0 saturated carbocycles. The normalized spacial score (nSPS) is 14.3. The van der Waals surface area contributed by atoms with E-state index < -0.39 is 26.6 Å². The quantitative estimate of drug-likeness (QED) is 0.0212. The van der Waals surface area contributed by atoms with Crippen LogP contribution in [0.2, 0.25) is 0 Å². The molecule has 444 valence electrons. The highest BCUT2D eigenvalue weighted by Gasteiger charge is 2.27. The van der Waals surface area contributed by atoms with Crippen molar-refractivity contribution in [2.75, 3.05) is 40.9 Å². The average Bonchev–Trinajstić information content (AvgIpc) is 3.39. The number of likely N-dealkylation sites (N-methyl/N-ethyl adjacent to an activating group) is 1. The molecule has 0 heterocycles. The van der Waals surface area contributed by atoms with Crippen molar-refractivity contribution in [3.05, 3.63) is 97.2 Å². The van der Waals surface area contributed by atoms with Crippen molar-refractivity contribution in [3.8, 4) is 0 Å². The summed E-state index contributed by atoms with van der Waals surface area (Å²) in [7, 11) is 1.16. The van der Waals surface area contributed by atoms with Gasteiger partial charge in [0.2, 0.25) is 5.91 Å². The Kier molecular flexibility index (Phi) is 54.0. The molecule has 0 aromatic carbocycles. The van der Waals surface area contributed by atoms with E-state index in [0.29, 0.717) is 23.9 Å². The highest BCUT2D eigenvalue weighted by Crippen LogP contribution is 2.38. The van der Waals surface area contributed by atoms with Crippen LogP contribution in [0, 0.1) is 0 Å². The first-order valence-corrected chi connectivity index (χ1v) is 33.0. The predicted octanol–water partition coefficient (Wildman–Crippen LogP) is 18.9. The third-order valence-electron chi connectivity index (χ3n) is 13.5. The van der Waals surface area contributed by atoms with Gasteiger partial charge in [-0.25, -0.2) is 0 Å². The van der Waals surface area contributed by atoms with Crippen LogP contribution in [-0.2, 0) is 27.9 Å². The summed E-state index contributed by atoms with van der Waals surface area (Å²) in [5.41, 5.74) is 0. The van der Waals surface area contributed by atoms with Crippen LogP contribution in [0.3, 0.4) is 0 Å². The van der Waals surface area contributed by atoms with E-state index in [-0.39, 0.29) is 24.9 Å². The maximum Gasteiger partial charge on any atom is 0.306 e. The fourth-order valence-corrected chi connectivity index (χ4v) is 9.36. The van der Waals surface area contributed by atoms with E-state index in [0.717, 1.165) is 116 Å². The van der Waals surface area contributed by atoms with Gasteiger partial charge in [-0.2, -0.15) is 0 Å². The summed E-state index contributed by atoms with van der Waals surface area (Å²) in [6.45, 7) is 6.70. The number of unbranched alkanes of at least 4 members (excludes halogenated alkanes) is 26. The molecule has 0 aromatic rings. The Morgan fingerprint density at radius 3 is 1.26 bits per heavy atom. The minimum absolute atomic E-state index is 0.0316. The third kappa shape index (κ3) is 57.4. The molecule has 0 radical (unpaired) electrons. The molecule has 77 heavy (non-hydrogen) atoms. The van der Waals surface area contributed by atoms with Crippen molar-refractivity contribution in [1.29, 1.82) is 0 Å². The number of carbonyl (C=O) groups excluding carboxylic acids is 2. The number of ether oxygens (including phenoxy) is 1. The molecular formula is C67H119N2O7P. The van der Waals surface area contributed by atoms with Gasteiger partial charge in [0.05, 0.1) is 33.8 Å². The Morgan fingerprint density at radius 1 is 0.468 bits per heavy atom. The fraction of sp³-hybridized carbons (Fsp3) is 0.731. The second-order valence-corrected chi connectivity index (χ2v) is 23.6. The van der Waals surface area contributed by atoms with E-state index in [1.807, 2.05) is 33.3 Å². The van der Waals surface area contributed by atoms with Crippen LogP contribution >= 0.6 is 7.82 Å². The van der Waals surface area contributed by atoms with Crippen LogP contribution in [0.25, 0.3) is 0 Å². The van der Waals surface area contributed by atoms with E-state index >= 15 is 0 Å². The SMILES string of the molecule is CC/C=C\C/C=C\C/C=C\C/C=C\C/C=C\C/C=C\CCCCCCC(=O)OC(/C=C\CCCCCCCCCCC)C(COP(=O)([O-])OCC[N+](C)(C)C)NC(=O)CCCCCCCCC/C=C/CCCCCCCC. The van der Waals surface area contributed by atoms with Gasteiger partial charge in [-0.1, -0.05) is 240 Å². The highest BCUT2D eigenvalue weighted by molar-refractivity contribution is 7.45. The molecular weight excluding hydrogens is 976 g/mol. The number of nitrogens with one attached hydrogen (secondary N) is 1. The zero-order valence-electron chi connectivity index (χ0n) is 50.6. The zero-order valence-corrected chi connectivity index (χ0v) is 51.5. The van der Waals surface area contributed by atoms with Crippen LogP contribution in [-0.4, -0.2) is 69.4 Å². The van der Waals surface area contributed by atoms with E-state index in [4.69, 9.17) is 13.8 Å². The van der Waals surface area contributed by atoms with Gasteiger partial charge in [-0.05, 0) is 109 Å². The number of esters is 1. The summed E-state index contributed by atoms with van der Waals surface area (Å²) in [5, 5.41) is 3.02. The summed E-state index contributed by atoms with van der Waals surface area (Å²) < 4.78 is 30.3. The lowest BCUT2D eigenvalue weighted by Crippen LogP contribution is -2.47. The molecule has 0 aromatic heterocycles. The first-order valence-electron chi connectivity index (χ1n) is 31.5. The first-order chi connectivity index (χ1) is 37.4. The molecule has 3 unspecified atom stereocenters. The van der Waals surface area contributed by atoms with Crippen LogP contribution in [0.4, 0.5) is 0 Å². The lowest BCUT2D eigenvalue weighted by molar-refractivity contribution is -0.870. The molecule has 0 saturated heterocycles. The van der Waals surface area contributed by atoms with Gasteiger partial charge in [0.1, 0.15) is 19.3 Å². The number of phosphoric ester groups is 1. The van der Waals surface area contributed by atoms with Crippen molar-refractivity contribution in [3.63, 3.8) is 0 Å². The number of hydrogen-bond acceptors (Lipinski definition) is 7. The molecule has 0 rings (SSSR count). The van der Waals surface area contributed by atoms with Gasteiger partial charge in [-0.15, -0.1) is 0 Å². The minimum atomic E-state index is -4.71. The second kappa shape index (κ2) is 56.2. The monoisotopic (exact) mass is 1090 g/mol. The Labute approximate surface area is 475 Å². The molecule has 9 nitrogen and oxygen atoms in total. The van der Waals surface area contributed by atoms with Gasteiger partial charge < -0.3 is 28.5 Å². The highest BCUT2D eigenvalue weighted by atomic mass is 31.2. The number of rotatable bonds is 56. The molecule has 3 atom stereocenters. The third-order valence-corrected chi connectivity index (χ3v) is 14.5. The number of hydrogen-bond donors (Lipinski definition) is 1. The molecule has 0 aliphatic rings. The fourth-order valence-electron chi connectivity index (χ4n) is 8.64. The van der Waals surface area contributed by atoms with Crippen molar-refractivity contribution >= 4 is 19.7 Å². The van der Waals surface area contributed by atoms with E-state index in [2.05, 4.69) is 111 Å². The van der Waals surface area contributed by atoms with E-state index in [1.54, 1.807) is 0 Å². The lowest BCUT2D eigenvalue weighted by atomic mass is 10.1. The molecule has 1 N–H and O–H groups in total. The number of amides is 1. The topological polar surface area (TPSA) is 114 Å². The van der Waals surface area contributed by atoms with Gasteiger partial charge in [0.15, 0.2) is 0 Å². The van der Waals surface area contributed by atoms with Gasteiger partial charge in [0, 0.05) is 12.8 Å². The number of phosphoric acid groups is 1. The molecule has 0 bridgehead atoms. The van der Waals surface area contributed by atoms with Crippen molar-refractivity contribution in [2.24, 2.45) is 0 Å². The minimum Gasteiger partial charge on any atom is -0.756 e. The maximum absolute atomic E-state index is 13.5.